The first-order chi connectivity index (χ1) is 9.19. The molecule has 0 aliphatic heterocycles. The van der Waals surface area contributed by atoms with Gasteiger partial charge >= 0.3 is 0 Å². The van der Waals surface area contributed by atoms with Crippen LogP contribution < -0.4 is 5.73 Å². The maximum atomic E-state index is 8.94. The minimum atomic E-state index is 0.172. The standard InChI is InChI=1S/C14H10N4O/c1-8-10(7-15)13(16)18-14(17-8)12-6-9-4-2-3-5-11(9)19-12/h2-6H,1H3,(H2,16,17,18). The fraction of sp³-hybridized carbons (Fsp3) is 0.0714. The van der Waals surface area contributed by atoms with E-state index < -0.39 is 0 Å². The summed E-state index contributed by atoms with van der Waals surface area (Å²) in [4.78, 5) is 8.38. The topological polar surface area (TPSA) is 88.7 Å². The monoisotopic (exact) mass is 250 g/mol. The Balaban J connectivity index is 2.19. The summed E-state index contributed by atoms with van der Waals surface area (Å²) < 4.78 is 5.67. The second kappa shape index (κ2) is 4.10. The third-order valence-electron chi connectivity index (χ3n) is 2.88. The molecule has 3 rings (SSSR count). The van der Waals surface area contributed by atoms with Crippen LogP contribution in [-0.2, 0) is 0 Å². The molecule has 0 bridgehead atoms. The van der Waals surface area contributed by atoms with Crippen molar-refractivity contribution in [1.29, 1.82) is 5.26 Å². The van der Waals surface area contributed by atoms with Crippen LogP contribution in [0.2, 0.25) is 0 Å². The summed E-state index contributed by atoms with van der Waals surface area (Å²) in [6, 6.07) is 11.5. The van der Waals surface area contributed by atoms with Gasteiger partial charge < -0.3 is 10.2 Å². The number of rotatable bonds is 1. The highest BCUT2D eigenvalue weighted by Crippen LogP contribution is 2.26. The number of nitrogens with zero attached hydrogens (tertiary/aromatic N) is 3. The molecule has 0 spiro atoms. The van der Waals surface area contributed by atoms with Crippen molar-refractivity contribution < 1.29 is 4.42 Å². The highest BCUT2D eigenvalue weighted by Gasteiger charge is 2.13. The molecule has 0 radical (unpaired) electrons. The molecule has 0 unspecified atom stereocenters. The predicted octanol–water partition coefficient (Wildman–Crippen LogP) is 2.65. The number of hydrogen-bond acceptors (Lipinski definition) is 5. The zero-order valence-electron chi connectivity index (χ0n) is 10.2. The summed E-state index contributed by atoms with van der Waals surface area (Å²) in [6.07, 6.45) is 0. The number of benzene rings is 1. The molecule has 92 valence electrons. The molecule has 0 fully saturated rings. The van der Waals surface area contributed by atoms with E-state index in [2.05, 4.69) is 9.97 Å². The van der Waals surface area contributed by atoms with Crippen molar-refractivity contribution in [3.05, 3.63) is 41.6 Å². The number of hydrogen-bond donors (Lipinski definition) is 1. The fourth-order valence-electron chi connectivity index (χ4n) is 1.94. The Bertz CT molecular complexity index is 758. The van der Waals surface area contributed by atoms with E-state index in [1.54, 1.807) is 6.92 Å². The Labute approximate surface area is 109 Å². The second-order valence-electron chi connectivity index (χ2n) is 4.15. The van der Waals surface area contributed by atoms with Gasteiger partial charge in [0.1, 0.15) is 23.0 Å². The van der Waals surface area contributed by atoms with E-state index in [0.29, 0.717) is 22.8 Å². The van der Waals surface area contributed by atoms with Crippen molar-refractivity contribution in [3.63, 3.8) is 0 Å². The fourth-order valence-corrected chi connectivity index (χ4v) is 1.94. The lowest BCUT2D eigenvalue weighted by atomic mass is 10.2. The molecule has 2 N–H and O–H groups in total. The van der Waals surface area contributed by atoms with E-state index >= 15 is 0 Å². The smallest absolute Gasteiger partial charge is 0.197 e. The number of nitrogens with two attached hydrogens (primary N) is 1. The Morgan fingerprint density at radius 3 is 2.74 bits per heavy atom. The van der Waals surface area contributed by atoms with Gasteiger partial charge in [0.2, 0.25) is 0 Å². The summed E-state index contributed by atoms with van der Waals surface area (Å²) in [7, 11) is 0. The average molecular weight is 250 g/mol. The van der Waals surface area contributed by atoms with Crippen LogP contribution in [0.25, 0.3) is 22.6 Å². The Kier molecular flexibility index (Phi) is 2.43. The quantitative estimate of drug-likeness (QED) is 0.717. The maximum Gasteiger partial charge on any atom is 0.197 e. The Morgan fingerprint density at radius 2 is 2.05 bits per heavy atom. The number of aryl methyl sites for hydroxylation is 1. The van der Waals surface area contributed by atoms with Crippen molar-refractivity contribution >= 4 is 16.8 Å². The Hall–Kier alpha value is -2.87. The molecule has 5 nitrogen and oxygen atoms in total. The molecule has 3 aromatic rings. The van der Waals surface area contributed by atoms with E-state index in [0.717, 1.165) is 11.0 Å². The molecule has 0 aliphatic carbocycles. The lowest BCUT2D eigenvalue weighted by Gasteiger charge is -2.02. The third kappa shape index (κ3) is 1.79. The van der Waals surface area contributed by atoms with Gasteiger partial charge in [0, 0.05) is 5.39 Å². The summed E-state index contributed by atoms with van der Waals surface area (Å²) in [6.45, 7) is 1.72. The molecule has 2 heterocycles. The molecule has 19 heavy (non-hydrogen) atoms. The van der Waals surface area contributed by atoms with E-state index in [-0.39, 0.29) is 5.82 Å². The summed E-state index contributed by atoms with van der Waals surface area (Å²) in [5.74, 6) is 1.11. The number of nitrogen functional groups attached to an aromatic ring is 1. The molecule has 0 saturated carbocycles. The van der Waals surface area contributed by atoms with E-state index in [4.69, 9.17) is 15.4 Å². The van der Waals surface area contributed by atoms with E-state index in [1.807, 2.05) is 36.4 Å². The minimum absolute atomic E-state index is 0.172. The van der Waals surface area contributed by atoms with Crippen molar-refractivity contribution in [1.82, 2.24) is 9.97 Å². The van der Waals surface area contributed by atoms with Gasteiger partial charge in [0.15, 0.2) is 11.6 Å². The van der Waals surface area contributed by atoms with Crippen LogP contribution in [0, 0.1) is 18.3 Å². The van der Waals surface area contributed by atoms with Gasteiger partial charge in [0.05, 0.1) is 5.69 Å². The number of fused-ring (bicyclic) bond motifs is 1. The number of para-hydroxylation sites is 1. The molecule has 5 heteroatoms. The number of nitriles is 1. The highest BCUT2D eigenvalue weighted by atomic mass is 16.3. The van der Waals surface area contributed by atoms with Crippen molar-refractivity contribution in [2.24, 2.45) is 0 Å². The van der Waals surface area contributed by atoms with Crippen LogP contribution in [0.15, 0.2) is 34.7 Å². The van der Waals surface area contributed by atoms with Gasteiger partial charge in [-0.05, 0) is 19.1 Å². The van der Waals surface area contributed by atoms with Crippen LogP contribution >= 0.6 is 0 Å². The first-order valence-corrected chi connectivity index (χ1v) is 5.72. The lowest BCUT2D eigenvalue weighted by Crippen LogP contribution is -2.02. The van der Waals surface area contributed by atoms with Crippen LogP contribution in [0.1, 0.15) is 11.3 Å². The highest BCUT2D eigenvalue weighted by molar-refractivity contribution is 5.81. The molecule has 1 aromatic carbocycles. The average Bonchev–Trinajstić information content (AvgIpc) is 2.82. The van der Waals surface area contributed by atoms with Gasteiger partial charge in [-0.15, -0.1) is 0 Å². The predicted molar refractivity (Wildman–Crippen MR) is 71.1 cm³/mol. The molecule has 0 aliphatic rings. The van der Waals surface area contributed by atoms with Gasteiger partial charge in [-0.3, -0.25) is 0 Å². The molecule has 0 saturated heterocycles. The molecule has 0 atom stereocenters. The SMILES string of the molecule is Cc1nc(-c2cc3ccccc3o2)nc(N)c1C#N. The molecular weight excluding hydrogens is 240 g/mol. The lowest BCUT2D eigenvalue weighted by molar-refractivity contribution is 0.625. The van der Waals surface area contributed by atoms with Crippen LogP contribution in [0.4, 0.5) is 5.82 Å². The summed E-state index contributed by atoms with van der Waals surface area (Å²) >= 11 is 0. The summed E-state index contributed by atoms with van der Waals surface area (Å²) in [5.41, 5.74) is 7.37. The molecule has 0 amide bonds. The zero-order valence-corrected chi connectivity index (χ0v) is 10.2. The zero-order chi connectivity index (χ0) is 13.4. The van der Waals surface area contributed by atoms with Crippen molar-refractivity contribution in [2.45, 2.75) is 6.92 Å². The number of anilines is 1. The number of aromatic nitrogens is 2. The maximum absolute atomic E-state index is 8.94. The van der Waals surface area contributed by atoms with Crippen LogP contribution in [0.3, 0.4) is 0 Å². The van der Waals surface area contributed by atoms with Gasteiger partial charge in [-0.1, -0.05) is 18.2 Å². The minimum Gasteiger partial charge on any atom is -0.453 e. The van der Waals surface area contributed by atoms with E-state index in [1.165, 1.54) is 0 Å². The van der Waals surface area contributed by atoms with E-state index in [9.17, 15) is 0 Å². The van der Waals surface area contributed by atoms with Crippen LogP contribution in [0.5, 0.6) is 0 Å². The van der Waals surface area contributed by atoms with Crippen molar-refractivity contribution in [3.8, 4) is 17.7 Å². The van der Waals surface area contributed by atoms with Crippen molar-refractivity contribution in [2.75, 3.05) is 5.73 Å². The normalized spacial score (nSPS) is 10.5. The first kappa shape index (κ1) is 11.2. The van der Waals surface area contributed by atoms with Crippen LogP contribution in [-0.4, -0.2) is 9.97 Å². The molecular formula is C14H10N4O. The van der Waals surface area contributed by atoms with Gasteiger partial charge in [-0.2, -0.15) is 5.26 Å². The third-order valence-corrected chi connectivity index (χ3v) is 2.88. The first-order valence-electron chi connectivity index (χ1n) is 5.72. The number of furan rings is 1. The largest absolute Gasteiger partial charge is 0.453 e. The molecule has 2 aromatic heterocycles. The second-order valence-corrected chi connectivity index (χ2v) is 4.15. The van der Waals surface area contributed by atoms with Gasteiger partial charge in [0.25, 0.3) is 0 Å². The Morgan fingerprint density at radius 1 is 1.26 bits per heavy atom. The summed E-state index contributed by atoms with van der Waals surface area (Å²) in [5, 5.41) is 9.92. The van der Waals surface area contributed by atoms with Gasteiger partial charge in [-0.25, -0.2) is 9.97 Å².